The fourth-order valence-electron chi connectivity index (χ4n) is 3.10. The quantitative estimate of drug-likeness (QED) is 0.699. The van der Waals surface area contributed by atoms with Crippen molar-refractivity contribution in [1.29, 1.82) is 0 Å². The molecular formula is C23H24N8. The van der Waals surface area contributed by atoms with Crippen molar-refractivity contribution in [2.24, 2.45) is 20.2 Å². The summed E-state index contributed by atoms with van der Waals surface area (Å²) in [5.74, 6) is 1.23. The Hall–Kier alpha value is -3.94. The number of hydrazone groups is 1. The van der Waals surface area contributed by atoms with Gasteiger partial charge < -0.3 is 0 Å². The van der Waals surface area contributed by atoms with Crippen LogP contribution < -0.4 is 5.43 Å². The molecule has 0 fully saturated rings. The van der Waals surface area contributed by atoms with E-state index < -0.39 is 0 Å². The molecular weight excluding hydrogens is 388 g/mol. The standard InChI is InChI=1S/C23H24N8/c1-2-7-22-28-30-23-29-26-16-20-10-5-3-8-18(20)14-24-12-13-25-15-19-9-4-6-11-21(19)17-27-31(22)23/h3-6,8-11,14-17H,2,7,12-13H2,1H3,(H,29,30)/b24-14?,25-15?,26-16+,27-17+. The molecule has 31 heavy (non-hydrogen) atoms. The number of hydrogen-bond donors (Lipinski definition) is 1. The molecule has 8 nitrogen and oxygen atoms in total. The number of fused-ring (bicyclic) bond motifs is 3. The van der Waals surface area contributed by atoms with Crippen LogP contribution in [0.3, 0.4) is 0 Å². The van der Waals surface area contributed by atoms with Crippen LogP contribution in [0.5, 0.6) is 0 Å². The van der Waals surface area contributed by atoms with Crippen LogP contribution >= 0.6 is 0 Å². The molecule has 0 spiro atoms. The van der Waals surface area contributed by atoms with Gasteiger partial charge >= 0.3 is 0 Å². The molecule has 1 aromatic heterocycles. The number of aryl methyl sites for hydroxylation is 1. The van der Waals surface area contributed by atoms with Crippen molar-refractivity contribution < 1.29 is 0 Å². The monoisotopic (exact) mass is 412 g/mol. The molecule has 0 unspecified atom stereocenters. The predicted octanol–water partition coefficient (Wildman–Crippen LogP) is 3.41. The van der Waals surface area contributed by atoms with E-state index in [2.05, 4.69) is 42.7 Å². The smallest absolute Gasteiger partial charge is 0.266 e. The summed E-state index contributed by atoms with van der Waals surface area (Å²) in [6.45, 7) is 3.31. The van der Waals surface area contributed by atoms with Crippen LogP contribution in [0.4, 0.5) is 5.95 Å². The highest BCUT2D eigenvalue weighted by atomic mass is 15.5. The number of aliphatic imine (C=N–C) groups is 2. The van der Waals surface area contributed by atoms with E-state index in [1.165, 1.54) is 0 Å². The molecule has 0 amide bonds. The molecule has 0 atom stereocenters. The number of rotatable bonds is 2. The van der Waals surface area contributed by atoms with Gasteiger partial charge in [0.2, 0.25) is 0 Å². The van der Waals surface area contributed by atoms with Gasteiger partial charge in [-0.05, 0) is 6.42 Å². The summed E-state index contributed by atoms with van der Waals surface area (Å²) in [7, 11) is 0. The Morgan fingerprint density at radius 3 is 1.97 bits per heavy atom. The SMILES string of the molecule is CCCc1nnc2n1/N=C/c1ccccc1C=NCCN=Cc1ccccc1/C=N/N2. The van der Waals surface area contributed by atoms with Gasteiger partial charge in [0.1, 0.15) is 0 Å². The largest absolute Gasteiger partial charge is 0.291 e. The lowest BCUT2D eigenvalue weighted by Crippen LogP contribution is -2.04. The molecule has 1 aliphatic rings. The third kappa shape index (κ3) is 5.16. The normalized spacial score (nSPS) is 15.8. The fourth-order valence-corrected chi connectivity index (χ4v) is 3.10. The highest BCUT2D eigenvalue weighted by molar-refractivity contribution is 5.95. The second-order valence-electron chi connectivity index (χ2n) is 6.94. The minimum atomic E-state index is 0.456. The molecule has 2 aromatic carbocycles. The van der Waals surface area contributed by atoms with E-state index in [0.29, 0.717) is 19.0 Å². The number of hydrogen-bond acceptors (Lipinski definition) is 7. The number of aromatic nitrogens is 3. The van der Waals surface area contributed by atoms with E-state index in [4.69, 9.17) is 0 Å². The van der Waals surface area contributed by atoms with Crippen molar-refractivity contribution in [3.05, 3.63) is 76.6 Å². The van der Waals surface area contributed by atoms with Crippen LogP contribution in [-0.4, -0.2) is 52.8 Å². The third-order valence-electron chi connectivity index (χ3n) is 4.67. The summed E-state index contributed by atoms with van der Waals surface area (Å²) in [4.78, 5) is 9.03. The molecule has 8 heteroatoms. The van der Waals surface area contributed by atoms with Gasteiger partial charge in [-0.15, -0.1) is 10.2 Å². The molecule has 0 radical (unpaired) electrons. The maximum Gasteiger partial charge on any atom is 0.266 e. The summed E-state index contributed by atoms with van der Waals surface area (Å²) in [5.41, 5.74) is 6.85. The Morgan fingerprint density at radius 2 is 1.35 bits per heavy atom. The highest BCUT2D eigenvalue weighted by Crippen LogP contribution is 2.12. The maximum absolute atomic E-state index is 4.64. The Balaban J connectivity index is 1.74. The molecule has 0 saturated heterocycles. The van der Waals surface area contributed by atoms with Gasteiger partial charge in [-0.25, -0.2) is 5.43 Å². The molecule has 3 aromatic rings. The van der Waals surface area contributed by atoms with Crippen LogP contribution in [0.15, 0.2) is 68.7 Å². The number of benzene rings is 2. The Labute approximate surface area is 181 Å². The molecule has 2 heterocycles. The minimum Gasteiger partial charge on any atom is -0.291 e. The summed E-state index contributed by atoms with van der Waals surface area (Å²) in [5, 5.41) is 17.5. The number of anilines is 1. The third-order valence-corrected chi connectivity index (χ3v) is 4.67. The lowest BCUT2D eigenvalue weighted by atomic mass is 10.1. The summed E-state index contributed by atoms with van der Waals surface area (Å²) < 4.78 is 1.69. The fraction of sp³-hybridized carbons (Fsp3) is 0.217. The average Bonchev–Trinajstić information content (AvgIpc) is 3.17. The molecule has 4 rings (SSSR count). The first-order valence-corrected chi connectivity index (χ1v) is 10.3. The zero-order valence-electron chi connectivity index (χ0n) is 17.4. The van der Waals surface area contributed by atoms with Gasteiger partial charge in [0, 0.05) is 41.1 Å². The van der Waals surface area contributed by atoms with Gasteiger partial charge in [0.05, 0.1) is 25.5 Å². The van der Waals surface area contributed by atoms with E-state index in [1.54, 1.807) is 17.1 Å². The second kappa shape index (κ2) is 10.2. The van der Waals surface area contributed by atoms with Crippen LogP contribution in [0.25, 0.3) is 0 Å². The Bertz CT molecular complexity index is 1140. The molecule has 0 saturated carbocycles. The maximum atomic E-state index is 4.64. The first-order valence-electron chi connectivity index (χ1n) is 10.3. The zero-order valence-corrected chi connectivity index (χ0v) is 17.4. The van der Waals surface area contributed by atoms with Crippen molar-refractivity contribution in [2.75, 3.05) is 18.5 Å². The number of nitrogens with zero attached hydrogens (tertiary/aromatic N) is 7. The van der Waals surface area contributed by atoms with E-state index in [9.17, 15) is 0 Å². The van der Waals surface area contributed by atoms with E-state index >= 15 is 0 Å². The summed E-state index contributed by atoms with van der Waals surface area (Å²) >= 11 is 0. The van der Waals surface area contributed by atoms with Crippen molar-refractivity contribution in [3.63, 3.8) is 0 Å². The molecule has 1 aliphatic heterocycles. The highest BCUT2D eigenvalue weighted by Gasteiger charge is 2.10. The van der Waals surface area contributed by atoms with Gasteiger partial charge in [0.25, 0.3) is 5.95 Å². The van der Waals surface area contributed by atoms with Crippen molar-refractivity contribution in [1.82, 2.24) is 14.9 Å². The molecule has 1 N–H and O–H groups in total. The van der Waals surface area contributed by atoms with Crippen LogP contribution in [-0.2, 0) is 6.42 Å². The summed E-state index contributed by atoms with van der Waals surface area (Å²) in [6.07, 6.45) is 8.96. The lowest BCUT2D eigenvalue weighted by Gasteiger charge is -2.04. The Morgan fingerprint density at radius 1 is 0.774 bits per heavy atom. The summed E-state index contributed by atoms with van der Waals surface area (Å²) in [6, 6.07) is 15.9. The number of nitrogens with one attached hydrogen (secondary N) is 1. The second-order valence-corrected chi connectivity index (χ2v) is 6.94. The molecule has 0 aliphatic carbocycles. The van der Waals surface area contributed by atoms with E-state index in [0.717, 1.165) is 40.9 Å². The minimum absolute atomic E-state index is 0.456. The first-order chi connectivity index (χ1) is 15.3. The molecule has 0 bridgehead atoms. The topological polar surface area (TPSA) is 92.2 Å². The van der Waals surface area contributed by atoms with Gasteiger partial charge in [-0.1, -0.05) is 55.5 Å². The first kappa shape index (κ1) is 20.3. The van der Waals surface area contributed by atoms with E-state index in [-0.39, 0.29) is 0 Å². The lowest BCUT2D eigenvalue weighted by molar-refractivity contribution is 0.747. The van der Waals surface area contributed by atoms with Crippen molar-refractivity contribution >= 4 is 30.8 Å². The van der Waals surface area contributed by atoms with Crippen LogP contribution in [0.2, 0.25) is 0 Å². The van der Waals surface area contributed by atoms with Crippen LogP contribution in [0, 0.1) is 0 Å². The van der Waals surface area contributed by atoms with Gasteiger partial charge in [0.15, 0.2) is 5.82 Å². The molecule has 156 valence electrons. The predicted molar refractivity (Wildman–Crippen MR) is 126 cm³/mol. The zero-order chi connectivity index (χ0) is 21.3. The van der Waals surface area contributed by atoms with Gasteiger partial charge in [-0.2, -0.15) is 14.9 Å². The average molecular weight is 413 g/mol. The van der Waals surface area contributed by atoms with Crippen LogP contribution in [0.1, 0.15) is 41.4 Å². The van der Waals surface area contributed by atoms with Crippen molar-refractivity contribution in [2.45, 2.75) is 19.8 Å². The van der Waals surface area contributed by atoms with Gasteiger partial charge in [-0.3, -0.25) is 9.98 Å². The van der Waals surface area contributed by atoms with Crippen molar-refractivity contribution in [3.8, 4) is 0 Å². The Kier molecular flexibility index (Phi) is 6.69. The van der Waals surface area contributed by atoms with E-state index in [1.807, 2.05) is 61.0 Å².